The number of phenolic OH excluding ortho intramolecular Hbond substituents is 1. The Morgan fingerprint density at radius 2 is 2.26 bits per heavy atom. The quantitative estimate of drug-likeness (QED) is 0.869. The Balaban J connectivity index is 2.88. The van der Waals surface area contributed by atoms with Gasteiger partial charge in [0.25, 0.3) is 5.91 Å². The summed E-state index contributed by atoms with van der Waals surface area (Å²) in [7, 11) is 1.55. The largest absolute Gasteiger partial charge is 0.507 e. The monoisotopic (exact) mass is 326 g/mol. The summed E-state index contributed by atoms with van der Waals surface area (Å²) < 4.78 is 5.64. The van der Waals surface area contributed by atoms with Crippen molar-refractivity contribution in [1.29, 1.82) is 5.26 Å². The number of aromatic hydroxyl groups is 1. The molecule has 0 saturated carbocycles. The van der Waals surface area contributed by atoms with Gasteiger partial charge in [0.15, 0.2) is 0 Å². The standard InChI is InChI=1S/C13H15BrN2O3/c1-19-8-7-16(6-2-5-15)13(18)11-4-3-10(14)9-12(11)17/h3-4,9,17H,2,6-8H2,1H3. The van der Waals surface area contributed by atoms with E-state index in [9.17, 15) is 9.90 Å². The Hall–Kier alpha value is -1.58. The Morgan fingerprint density at radius 3 is 2.84 bits per heavy atom. The lowest BCUT2D eigenvalue weighted by Crippen LogP contribution is -2.34. The first kappa shape index (κ1) is 15.5. The van der Waals surface area contributed by atoms with Crippen LogP contribution >= 0.6 is 15.9 Å². The van der Waals surface area contributed by atoms with Gasteiger partial charge in [-0.25, -0.2) is 0 Å². The van der Waals surface area contributed by atoms with Gasteiger partial charge in [0.2, 0.25) is 0 Å². The zero-order valence-electron chi connectivity index (χ0n) is 10.6. The molecule has 0 aliphatic heterocycles. The van der Waals surface area contributed by atoms with Crippen molar-refractivity contribution >= 4 is 21.8 Å². The molecule has 0 atom stereocenters. The molecule has 1 N–H and O–H groups in total. The number of hydrogen-bond acceptors (Lipinski definition) is 4. The Bertz CT molecular complexity index is 485. The van der Waals surface area contributed by atoms with Crippen LogP contribution in [0.25, 0.3) is 0 Å². The molecule has 0 saturated heterocycles. The average Bonchev–Trinajstić information content (AvgIpc) is 2.38. The van der Waals surface area contributed by atoms with Crippen molar-refractivity contribution in [2.75, 3.05) is 26.8 Å². The van der Waals surface area contributed by atoms with Crippen molar-refractivity contribution < 1.29 is 14.6 Å². The minimum Gasteiger partial charge on any atom is -0.507 e. The Kier molecular flexibility index (Phi) is 6.33. The predicted molar refractivity (Wildman–Crippen MR) is 73.8 cm³/mol. The number of hydrogen-bond donors (Lipinski definition) is 1. The highest BCUT2D eigenvalue weighted by Crippen LogP contribution is 2.23. The molecular weight excluding hydrogens is 312 g/mol. The zero-order chi connectivity index (χ0) is 14.3. The highest BCUT2D eigenvalue weighted by Gasteiger charge is 2.18. The van der Waals surface area contributed by atoms with Crippen molar-refractivity contribution in [2.45, 2.75) is 6.42 Å². The molecule has 0 aromatic heterocycles. The van der Waals surface area contributed by atoms with Gasteiger partial charge in [0, 0.05) is 24.7 Å². The van der Waals surface area contributed by atoms with Crippen LogP contribution in [-0.2, 0) is 4.74 Å². The SMILES string of the molecule is COCCN(CCC#N)C(=O)c1ccc(Br)cc1O. The molecule has 1 aromatic carbocycles. The predicted octanol–water partition coefficient (Wildman–Crippen LogP) is 2.16. The third-order valence-corrected chi connectivity index (χ3v) is 3.03. The van der Waals surface area contributed by atoms with E-state index >= 15 is 0 Å². The summed E-state index contributed by atoms with van der Waals surface area (Å²) in [4.78, 5) is 13.8. The molecule has 0 radical (unpaired) electrons. The third kappa shape index (κ3) is 4.54. The summed E-state index contributed by atoms with van der Waals surface area (Å²) in [6.07, 6.45) is 0.243. The van der Waals surface area contributed by atoms with Crippen LogP contribution in [0.5, 0.6) is 5.75 Å². The molecule has 1 rings (SSSR count). The van der Waals surface area contributed by atoms with E-state index in [0.29, 0.717) is 24.2 Å². The van der Waals surface area contributed by atoms with Gasteiger partial charge in [-0.15, -0.1) is 0 Å². The van der Waals surface area contributed by atoms with Crippen LogP contribution in [-0.4, -0.2) is 42.7 Å². The number of methoxy groups -OCH3 is 1. The molecule has 19 heavy (non-hydrogen) atoms. The van der Waals surface area contributed by atoms with Crippen LogP contribution in [0.15, 0.2) is 22.7 Å². The van der Waals surface area contributed by atoms with Gasteiger partial charge in [0.1, 0.15) is 5.75 Å². The van der Waals surface area contributed by atoms with E-state index < -0.39 is 0 Å². The van der Waals surface area contributed by atoms with Crippen molar-refractivity contribution in [3.05, 3.63) is 28.2 Å². The van der Waals surface area contributed by atoms with Gasteiger partial charge in [0.05, 0.1) is 24.7 Å². The van der Waals surface area contributed by atoms with Crippen molar-refractivity contribution in [3.8, 4) is 11.8 Å². The molecule has 0 aliphatic rings. The second kappa shape index (κ2) is 7.77. The summed E-state index contributed by atoms with van der Waals surface area (Å²) in [5, 5.41) is 18.4. The van der Waals surface area contributed by atoms with E-state index in [4.69, 9.17) is 10.00 Å². The smallest absolute Gasteiger partial charge is 0.257 e. The van der Waals surface area contributed by atoms with Crippen LogP contribution < -0.4 is 0 Å². The number of rotatable bonds is 6. The van der Waals surface area contributed by atoms with Crippen molar-refractivity contribution in [1.82, 2.24) is 4.90 Å². The van der Waals surface area contributed by atoms with Crippen molar-refractivity contribution in [3.63, 3.8) is 0 Å². The minimum absolute atomic E-state index is 0.0845. The first-order valence-electron chi connectivity index (χ1n) is 5.73. The fraction of sp³-hybridized carbons (Fsp3) is 0.385. The summed E-state index contributed by atoms with van der Waals surface area (Å²) >= 11 is 3.22. The van der Waals surface area contributed by atoms with Crippen LogP contribution in [0, 0.1) is 11.3 Å². The van der Waals surface area contributed by atoms with E-state index in [1.165, 1.54) is 11.0 Å². The third-order valence-electron chi connectivity index (χ3n) is 2.54. The summed E-state index contributed by atoms with van der Waals surface area (Å²) in [5.74, 6) is -0.393. The fourth-order valence-corrected chi connectivity index (χ4v) is 1.91. The van der Waals surface area contributed by atoms with Gasteiger partial charge in [-0.2, -0.15) is 5.26 Å². The second-order valence-electron chi connectivity index (χ2n) is 3.85. The highest BCUT2D eigenvalue weighted by atomic mass is 79.9. The van der Waals surface area contributed by atoms with Gasteiger partial charge in [-0.3, -0.25) is 4.79 Å². The number of carbonyl (C=O) groups excluding carboxylic acids is 1. The fourth-order valence-electron chi connectivity index (χ4n) is 1.56. The topological polar surface area (TPSA) is 73.6 Å². The molecule has 1 amide bonds. The molecule has 0 spiro atoms. The van der Waals surface area contributed by atoms with E-state index in [2.05, 4.69) is 15.9 Å². The number of phenols is 1. The molecule has 0 unspecified atom stereocenters. The number of amides is 1. The molecular formula is C13H15BrN2O3. The van der Waals surface area contributed by atoms with Crippen LogP contribution in [0.3, 0.4) is 0 Å². The zero-order valence-corrected chi connectivity index (χ0v) is 12.2. The number of nitrogens with zero attached hydrogens (tertiary/aromatic N) is 2. The summed E-state index contributed by atoms with van der Waals surface area (Å²) in [5.41, 5.74) is 0.220. The first-order valence-corrected chi connectivity index (χ1v) is 6.53. The maximum absolute atomic E-state index is 12.3. The van der Waals surface area contributed by atoms with Crippen molar-refractivity contribution in [2.24, 2.45) is 0 Å². The van der Waals surface area contributed by atoms with E-state index in [1.54, 1.807) is 19.2 Å². The Morgan fingerprint density at radius 1 is 1.53 bits per heavy atom. The lowest BCUT2D eigenvalue weighted by Gasteiger charge is -2.21. The molecule has 0 heterocycles. The molecule has 1 aromatic rings. The average molecular weight is 327 g/mol. The molecule has 102 valence electrons. The Labute approximate surface area is 120 Å². The van der Waals surface area contributed by atoms with E-state index in [1.807, 2.05) is 6.07 Å². The lowest BCUT2D eigenvalue weighted by atomic mass is 10.1. The molecule has 0 fully saturated rings. The van der Waals surface area contributed by atoms with Crippen LogP contribution in [0.4, 0.5) is 0 Å². The first-order chi connectivity index (χ1) is 9.10. The number of halogens is 1. The molecule has 0 aliphatic carbocycles. The molecule has 5 nitrogen and oxygen atoms in total. The maximum atomic E-state index is 12.3. The normalized spacial score (nSPS) is 9.95. The van der Waals surface area contributed by atoms with Gasteiger partial charge in [-0.05, 0) is 18.2 Å². The lowest BCUT2D eigenvalue weighted by molar-refractivity contribution is 0.0697. The van der Waals surface area contributed by atoms with Gasteiger partial charge >= 0.3 is 0 Å². The molecule has 6 heteroatoms. The summed E-state index contributed by atoms with van der Waals surface area (Å²) in [6.45, 7) is 1.08. The highest BCUT2D eigenvalue weighted by molar-refractivity contribution is 9.10. The maximum Gasteiger partial charge on any atom is 0.257 e. The molecule has 0 bridgehead atoms. The van der Waals surface area contributed by atoms with Crippen LogP contribution in [0.2, 0.25) is 0 Å². The minimum atomic E-state index is -0.308. The summed E-state index contributed by atoms with van der Waals surface area (Å²) in [6, 6.07) is 6.70. The van der Waals surface area contributed by atoms with Gasteiger partial charge < -0.3 is 14.7 Å². The number of benzene rings is 1. The van der Waals surface area contributed by atoms with E-state index in [-0.39, 0.29) is 23.6 Å². The second-order valence-corrected chi connectivity index (χ2v) is 4.77. The number of carbonyl (C=O) groups is 1. The number of nitriles is 1. The van der Waals surface area contributed by atoms with Gasteiger partial charge in [-0.1, -0.05) is 15.9 Å². The number of ether oxygens (including phenoxy) is 1. The van der Waals surface area contributed by atoms with E-state index in [0.717, 1.165) is 0 Å². The van der Waals surface area contributed by atoms with Crippen LogP contribution in [0.1, 0.15) is 16.8 Å².